The number of unbranched alkanes of at least 4 members (excludes halogenated alkanes) is 3. The first-order valence-corrected chi connectivity index (χ1v) is 7.71. The van der Waals surface area contributed by atoms with Crippen LogP contribution in [-0.2, 0) is 4.74 Å². The summed E-state index contributed by atoms with van der Waals surface area (Å²) in [5, 5.41) is 3.53. The molecule has 0 fully saturated rings. The predicted octanol–water partition coefficient (Wildman–Crippen LogP) is 4.39. The smallest absolute Gasteiger partial charge is 0.0547 e. The molecule has 0 aliphatic rings. The summed E-state index contributed by atoms with van der Waals surface area (Å²) in [6.45, 7) is 15.2. The van der Waals surface area contributed by atoms with Crippen molar-refractivity contribution in [1.82, 2.24) is 5.32 Å². The molecule has 0 aromatic heterocycles. The van der Waals surface area contributed by atoms with Crippen LogP contribution in [0.4, 0.5) is 0 Å². The van der Waals surface area contributed by atoms with Gasteiger partial charge in [0.2, 0.25) is 0 Å². The molecule has 1 N–H and O–H groups in total. The molecule has 110 valence electrons. The van der Waals surface area contributed by atoms with Crippen molar-refractivity contribution in [3.05, 3.63) is 0 Å². The highest BCUT2D eigenvalue weighted by atomic mass is 16.5. The van der Waals surface area contributed by atoms with Crippen molar-refractivity contribution in [2.24, 2.45) is 5.92 Å². The van der Waals surface area contributed by atoms with Crippen LogP contribution in [0.25, 0.3) is 0 Å². The van der Waals surface area contributed by atoms with Crippen molar-refractivity contribution < 1.29 is 4.74 Å². The second kappa shape index (κ2) is 9.80. The zero-order valence-electron chi connectivity index (χ0n) is 13.5. The molecule has 0 radical (unpaired) electrons. The quantitative estimate of drug-likeness (QED) is 0.586. The number of hydrogen-bond donors (Lipinski definition) is 1. The fourth-order valence-electron chi connectivity index (χ4n) is 1.81. The number of rotatable bonds is 10. The monoisotopic (exact) mass is 257 g/mol. The topological polar surface area (TPSA) is 21.3 Å². The molecule has 18 heavy (non-hydrogen) atoms. The summed E-state index contributed by atoms with van der Waals surface area (Å²) >= 11 is 0. The van der Waals surface area contributed by atoms with E-state index >= 15 is 0 Å². The first-order chi connectivity index (χ1) is 8.35. The maximum atomic E-state index is 5.91. The molecule has 0 spiro atoms. The Hall–Kier alpha value is -0.0800. The van der Waals surface area contributed by atoms with Gasteiger partial charge in [-0.3, -0.25) is 0 Å². The second-order valence-electron chi connectivity index (χ2n) is 6.73. The van der Waals surface area contributed by atoms with Gasteiger partial charge in [0.05, 0.1) is 12.7 Å². The lowest BCUT2D eigenvalue weighted by molar-refractivity contribution is 0.0364. The second-order valence-corrected chi connectivity index (χ2v) is 6.73. The highest BCUT2D eigenvalue weighted by Gasteiger charge is 2.12. The lowest BCUT2D eigenvalue weighted by Gasteiger charge is -2.24. The molecule has 2 heteroatoms. The van der Waals surface area contributed by atoms with E-state index in [2.05, 4.69) is 46.9 Å². The Balaban J connectivity index is 3.50. The van der Waals surface area contributed by atoms with Gasteiger partial charge in [-0.2, -0.15) is 0 Å². The van der Waals surface area contributed by atoms with Gasteiger partial charge in [0.15, 0.2) is 0 Å². The van der Waals surface area contributed by atoms with Gasteiger partial charge in [0.25, 0.3) is 0 Å². The van der Waals surface area contributed by atoms with Crippen molar-refractivity contribution in [3.8, 4) is 0 Å². The summed E-state index contributed by atoms with van der Waals surface area (Å²) in [5.74, 6) is 0.585. The Morgan fingerprint density at radius 3 is 2.28 bits per heavy atom. The van der Waals surface area contributed by atoms with Crippen LogP contribution in [-0.4, -0.2) is 24.8 Å². The van der Waals surface area contributed by atoms with Gasteiger partial charge in [-0.05, 0) is 40.0 Å². The third-order valence-corrected chi connectivity index (χ3v) is 3.11. The highest BCUT2D eigenvalue weighted by molar-refractivity contribution is 4.71. The van der Waals surface area contributed by atoms with Crippen LogP contribution >= 0.6 is 0 Å². The van der Waals surface area contributed by atoms with Crippen molar-refractivity contribution >= 4 is 0 Å². The van der Waals surface area contributed by atoms with E-state index in [-0.39, 0.29) is 5.54 Å². The molecular formula is C16H35NO. The summed E-state index contributed by atoms with van der Waals surface area (Å²) in [6.07, 6.45) is 6.96. The van der Waals surface area contributed by atoms with Gasteiger partial charge in [0, 0.05) is 12.1 Å². The van der Waals surface area contributed by atoms with E-state index in [4.69, 9.17) is 4.74 Å². The van der Waals surface area contributed by atoms with E-state index in [0.717, 1.165) is 13.2 Å². The van der Waals surface area contributed by atoms with E-state index in [1.165, 1.54) is 32.1 Å². The van der Waals surface area contributed by atoms with Crippen molar-refractivity contribution in [1.29, 1.82) is 0 Å². The summed E-state index contributed by atoms with van der Waals surface area (Å²) in [6, 6.07) is 0. The first kappa shape index (κ1) is 17.9. The Morgan fingerprint density at radius 2 is 1.72 bits per heavy atom. The molecule has 2 atom stereocenters. The van der Waals surface area contributed by atoms with Crippen molar-refractivity contribution in [3.63, 3.8) is 0 Å². The molecule has 2 nitrogen and oxygen atoms in total. The van der Waals surface area contributed by atoms with E-state index in [1.807, 2.05) is 0 Å². The maximum Gasteiger partial charge on any atom is 0.0547 e. The number of hydrogen-bond acceptors (Lipinski definition) is 2. The zero-order valence-corrected chi connectivity index (χ0v) is 13.5. The average Bonchev–Trinajstić information content (AvgIpc) is 2.28. The molecule has 0 saturated carbocycles. The molecule has 0 rings (SSSR count). The summed E-state index contributed by atoms with van der Waals surface area (Å²) in [7, 11) is 0. The molecule has 0 saturated heterocycles. The van der Waals surface area contributed by atoms with Crippen LogP contribution < -0.4 is 5.32 Å². The molecule has 0 aliphatic heterocycles. The van der Waals surface area contributed by atoms with Crippen LogP contribution in [0, 0.1) is 5.92 Å². The minimum Gasteiger partial charge on any atom is -0.378 e. The van der Waals surface area contributed by atoms with Crippen LogP contribution in [0.2, 0.25) is 0 Å². The average molecular weight is 257 g/mol. The third-order valence-electron chi connectivity index (χ3n) is 3.11. The fourth-order valence-corrected chi connectivity index (χ4v) is 1.81. The van der Waals surface area contributed by atoms with E-state index in [0.29, 0.717) is 12.0 Å². The van der Waals surface area contributed by atoms with Crippen LogP contribution in [0.1, 0.15) is 73.6 Å². The van der Waals surface area contributed by atoms with Crippen molar-refractivity contribution in [2.75, 3.05) is 13.2 Å². The van der Waals surface area contributed by atoms with Gasteiger partial charge in [-0.15, -0.1) is 0 Å². The Kier molecular flexibility index (Phi) is 9.76. The van der Waals surface area contributed by atoms with Crippen molar-refractivity contribution in [2.45, 2.75) is 85.3 Å². The van der Waals surface area contributed by atoms with Crippen LogP contribution in [0.5, 0.6) is 0 Å². The summed E-state index contributed by atoms with van der Waals surface area (Å²) in [4.78, 5) is 0. The largest absolute Gasteiger partial charge is 0.378 e. The minimum absolute atomic E-state index is 0.208. The summed E-state index contributed by atoms with van der Waals surface area (Å²) < 4.78 is 5.91. The Morgan fingerprint density at radius 1 is 1.06 bits per heavy atom. The lowest BCUT2D eigenvalue weighted by Crippen LogP contribution is -2.39. The fraction of sp³-hybridized carbons (Fsp3) is 1.00. The lowest BCUT2D eigenvalue weighted by atomic mass is 10.1. The SMILES string of the molecule is CCCCCCC(C)OCC(C)CNC(C)(C)C. The van der Waals surface area contributed by atoms with Gasteiger partial charge in [0.1, 0.15) is 0 Å². The summed E-state index contributed by atoms with van der Waals surface area (Å²) in [5.41, 5.74) is 0.208. The Bertz CT molecular complexity index is 186. The van der Waals surface area contributed by atoms with Gasteiger partial charge in [-0.1, -0.05) is 39.5 Å². The molecule has 2 unspecified atom stereocenters. The van der Waals surface area contributed by atoms with E-state index in [9.17, 15) is 0 Å². The maximum absolute atomic E-state index is 5.91. The number of nitrogens with one attached hydrogen (secondary N) is 1. The predicted molar refractivity (Wildman–Crippen MR) is 81.1 cm³/mol. The Labute approximate surface area is 115 Å². The molecule has 0 amide bonds. The van der Waals surface area contributed by atoms with Gasteiger partial charge >= 0.3 is 0 Å². The molecule has 0 heterocycles. The van der Waals surface area contributed by atoms with Crippen LogP contribution in [0.15, 0.2) is 0 Å². The third kappa shape index (κ3) is 12.4. The molecule has 0 bridgehead atoms. The van der Waals surface area contributed by atoms with E-state index < -0.39 is 0 Å². The molecule has 0 aromatic rings. The first-order valence-electron chi connectivity index (χ1n) is 7.71. The van der Waals surface area contributed by atoms with Gasteiger partial charge in [-0.25, -0.2) is 0 Å². The molecule has 0 aliphatic carbocycles. The zero-order chi connectivity index (χ0) is 14.0. The highest BCUT2D eigenvalue weighted by Crippen LogP contribution is 2.09. The molecule has 0 aromatic carbocycles. The number of ether oxygens (including phenoxy) is 1. The molecular weight excluding hydrogens is 222 g/mol. The standard InChI is InChI=1S/C16H35NO/c1-7-8-9-10-11-15(3)18-13-14(2)12-17-16(4,5)6/h14-15,17H,7-13H2,1-6H3. The van der Waals surface area contributed by atoms with E-state index in [1.54, 1.807) is 0 Å². The van der Waals surface area contributed by atoms with Gasteiger partial charge < -0.3 is 10.1 Å². The normalized spacial score (nSPS) is 15.7. The van der Waals surface area contributed by atoms with Crippen LogP contribution in [0.3, 0.4) is 0 Å². The minimum atomic E-state index is 0.208.